The predicted molar refractivity (Wildman–Crippen MR) is 114 cm³/mol. The van der Waals surface area contributed by atoms with Gasteiger partial charge < -0.3 is 4.98 Å². The first-order valence-corrected chi connectivity index (χ1v) is 11.2. The maximum Gasteiger partial charge on any atom is 0.245 e. The van der Waals surface area contributed by atoms with Crippen molar-refractivity contribution < 1.29 is 8.42 Å². The van der Waals surface area contributed by atoms with E-state index in [1.807, 2.05) is 0 Å². The molecule has 1 saturated heterocycles. The molecule has 0 amide bonds. The number of nitrogens with one attached hydrogen (secondary N) is 1. The molecule has 0 atom stereocenters. The van der Waals surface area contributed by atoms with Gasteiger partial charge in [-0.3, -0.25) is 4.90 Å². The number of fused-ring (bicyclic) bond motifs is 2. The number of aromatic amines is 1. The van der Waals surface area contributed by atoms with Crippen LogP contribution in [0.5, 0.6) is 0 Å². The van der Waals surface area contributed by atoms with Gasteiger partial charge >= 0.3 is 0 Å². The first-order chi connectivity index (χ1) is 14.1. The van der Waals surface area contributed by atoms with E-state index in [0.717, 1.165) is 6.54 Å². The standard InChI is InChI=1S/C22H22N4O2S/c27-29(28,21-15-24-22-20(21)9-4-10-23-22)26-13-11-25(12-14-26)16-18-7-3-6-17-5-1-2-8-19(17)18/h1-10,15H,11-14,16H2,(H,23,24). The van der Waals surface area contributed by atoms with E-state index < -0.39 is 10.0 Å². The summed E-state index contributed by atoms with van der Waals surface area (Å²) >= 11 is 0. The van der Waals surface area contributed by atoms with E-state index in [1.165, 1.54) is 16.3 Å². The topological polar surface area (TPSA) is 69.3 Å². The van der Waals surface area contributed by atoms with E-state index >= 15 is 0 Å². The Morgan fingerprint density at radius 3 is 2.52 bits per heavy atom. The predicted octanol–water partition coefficient (Wildman–Crippen LogP) is 3.22. The Balaban J connectivity index is 1.32. The van der Waals surface area contributed by atoms with Crippen molar-refractivity contribution in [2.45, 2.75) is 11.4 Å². The minimum Gasteiger partial charge on any atom is -0.345 e. The summed E-state index contributed by atoms with van der Waals surface area (Å²) < 4.78 is 27.9. The lowest BCUT2D eigenvalue weighted by molar-refractivity contribution is 0.182. The van der Waals surface area contributed by atoms with Gasteiger partial charge in [0.25, 0.3) is 0 Å². The second-order valence-electron chi connectivity index (χ2n) is 7.37. The van der Waals surface area contributed by atoms with E-state index in [-0.39, 0.29) is 0 Å². The molecule has 2 aromatic heterocycles. The molecular weight excluding hydrogens is 384 g/mol. The molecule has 4 aromatic rings. The third-order valence-corrected chi connectivity index (χ3v) is 7.57. The van der Waals surface area contributed by atoms with Gasteiger partial charge in [-0.15, -0.1) is 0 Å². The van der Waals surface area contributed by atoms with Crippen LogP contribution in [0.4, 0.5) is 0 Å². The second kappa shape index (κ2) is 7.26. The summed E-state index contributed by atoms with van der Waals surface area (Å²) in [6.07, 6.45) is 3.21. The lowest BCUT2D eigenvalue weighted by atomic mass is 10.0. The lowest BCUT2D eigenvalue weighted by Gasteiger charge is -2.34. The maximum absolute atomic E-state index is 13.2. The van der Waals surface area contributed by atoms with Gasteiger partial charge in [-0.05, 0) is 28.5 Å². The highest BCUT2D eigenvalue weighted by Crippen LogP contribution is 2.26. The number of hydrogen-bond donors (Lipinski definition) is 1. The molecule has 0 bridgehead atoms. The van der Waals surface area contributed by atoms with E-state index in [0.29, 0.717) is 42.1 Å². The molecule has 5 rings (SSSR count). The summed E-state index contributed by atoms with van der Waals surface area (Å²) in [5.74, 6) is 0. The molecule has 7 heteroatoms. The van der Waals surface area contributed by atoms with Crippen molar-refractivity contribution in [1.82, 2.24) is 19.2 Å². The van der Waals surface area contributed by atoms with Crippen LogP contribution in [0, 0.1) is 0 Å². The van der Waals surface area contributed by atoms with Crippen molar-refractivity contribution >= 4 is 31.8 Å². The zero-order chi connectivity index (χ0) is 19.8. The van der Waals surface area contributed by atoms with Gasteiger partial charge in [-0.2, -0.15) is 4.31 Å². The van der Waals surface area contributed by atoms with E-state index in [2.05, 4.69) is 57.3 Å². The van der Waals surface area contributed by atoms with E-state index in [9.17, 15) is 8.42 Å². The number of rotatable bonds is 4. The smallest absolute Gasteiger partial charge is 0.245 e. The number of piperazine rings is 1. The van der Waals surface area contributed by atoms with Crippen LogP contribution in [-0.2, 0) is 16.6 Å². The molecule has 29 heavy (non-hydrogen) atoms. The fourth-order valence-corrected chi connectivity index (χ4v) is 5.66. The number of benzene rings is 2. The molecule has 1 fully saturated rings. The van der Waals surface area contributed by atoms with Crippen LogP contribution in [0.25, 0.3) is 21.8 Å². The largest absolute Gasteiger partial charge is 0.345 e. The summed E-state index contributed by atoms with van der Waals surface area (Å²) in [5, 5.41) is 3.14. The van der Waals surface area contributed by atoms with Crippen LogP contribution in [0.2, 0.25) is 0 Å². The zero-order valence-electron chi connectivity index (χ0n) is 16.0. The molecule has 1 N–H and O–H groups in total. The highest BCUT2D eigenvalue weighted by molar-refractivity contribution is 7.89. The van der Waals surface area contributed by atoms with Gasteiger partial charge in [0.2, 0.25) is 10.0 Å². The summed E-state index contributed by atoms with van der Waals surface area (Å²) in [6.45, 7) is 3.22. The Bertz CT molecular complexity index is 1270. The Hall–Kier alpha value is -2.74. The van der Waals surface area contributed by atoms with Crippen LogP contribution < -0.4 is 0 Å². The van der Waals surface area contributed by atoms with Crippen molar-refractivity contribution in [2.75, 3.05) is 26.2 Å². The summed E-state index contributed by atoms with van der Waals surface area (Å²) in [7, 11) is -3.54. The van der Waals surface area contributed by atoms with Crippen molar-refractivity contribution in [2.24, 2.45) is 0 Å². The number of hydrogen-bond acceptors (Lipinski definition) is 4. The van der Waals surface area contributed by atoms with Crippen molar-refractivity contribution in [3.63, 3.8) is 0 Å². The molecule has 1 aliphatic rings. The van der Waals surface area contributed by atoms with E-state index in [1.54, 1.807) is 28.8 Å². The van der Waals surface area contributed by atoms with Gasteiger partial charge in [0.05, 0.1) is 0 Å². The van der Waals surface area contributed by atoms with Crippen molar-refractivity contribution in [3.05, 3.63) is 72.6 Å². The number of pyridine rings is 1. The first-order valence-electron chi connectivity index (χ1n) is 9.74. The number of sulfonamides is 1. The molecule has 0 aliphatic carbocycles. The van der Waals surface area contributed by atoms with Crippen molar-refractivity contribution in [3.8, 4) is 0 Å². The highest BCUT2D eigenvalue weighted by Gasteiger charge is 2.30. The second-order valence-corrected chi connectivity index (χ2v) is 9.28. The molecule has 0 spiro atoms. The van der Waals surface area contributed by atoms with Crippen LogP contribution in [0.1, 0.15) is 5.56 Å². The van der Waals surface area contributed by atoms with Gasteiger partial charge in [-0.25, -0.2) is 13.4 Å². The fourth-order valence-electron chi connectivity index (χ4n) is 4.08. The summed E-state index contributed by atoms with van der Waals surface area (Å²) in [5.41, 5.74) is 1.88. The molecule has 0 unspecified atom stereocenters. The zero-order valence-corrected chi connectivity index (χ0v) is 16.8. The first kappa shape index (κ1) is 18.3. The average Bonchev–Trinajstić information content (AvgIpc) is 3.20. The maximum atomic E-state index is 13.2. The van der Waals surface area contributed by atoms with Gasteiger partial charge in [0, 0.05) is 50.5 Å². The normalized spacial score (nSPS) is 16.6. The minimum atomic E-state index is -3.54. The average molecular weight is 407 g/mol. The Morgan fingerprint density at radius 2 is 1.66 bits per heavy atom. The Kier molecular flexibility index (Phi) is 4.58. The fraction of sp³-hybridized carbons (Fsp3) is 0.227. The quantitative estimate of drug-likeness (QED) is 0.565. The molecule has 148 valence electrons. The molecule has 0 saturated carbocycles. The molecular formula is C22H22N4O2S. The molecule has 0 radical (unpaired) electrons. The van der Waals surface area contributed by atoms with Crippen LogP contribution in [-0.4, -0.2) is 53.8 Å². The third kappa shape index (κ3) is 3.31. The Morgan fingerprint density at radius 1 is 0.897 bits per heavy atom. The van der Waals surface area contributed by atoms with Crippen LogP contribution in [0.15, 0.2) is 71.9 Å². The molecule has 3 heterocycles. The lowest BCUT2D eigenvalue weighted by Crippen LogP contribution is -2.48. The van der Waals surface area contributed by atoms with E-state index in [4.69, 9.17) is 0 Å². The Labute approximate surface area is 169 Å². The highest BCUT2D eigenvalue weighted by atomic mass is 32.2. The van der Waals surface area contributed by atoms with Gasteiger partial charge in [-0.1, -0.05) is 42.5 Å². The molecule has 6 nitrogen and oxygen atoms in total. The summed E-state index contributed by atoms with van der Waals surface area (Å²) in [6, 6.07) is 18.3. The molecule has 1 aliphatic heterocycles. The minimum absolute atomic E-state index is 0.308. The number of aromatic nitrogens is 2. The molecule has 2 aromatic carbocycles. The van der Waals surface area contributed by atoms with Gasteiger partial charge in [0.15, 0.2) is 0 Å². The number of H-pyrrole nitrogens is 1. The third-order valence-electron chi connectivity index (χ3n) is 5.64. The number of nitrogens with zero attached hydrogens (tertiary/aromatic N) is 3. The van der Waals surface area contributed by atoms with Gasteiger partial charge in [0.1, 0.15) is 10.5 Å². The van der Waals surface area contributed by atoms with Crippen LogP contribution in [0.3, 0.4) is 0 Å². The summed E-state index contributed by atoms with van der Waals surface area (Å²) in [4.78, 5) is 9.79. The SMILES string of the molecule is O=S(=O)(c1c[nH]c2ncccc12)N1CCN(Cc2cccc3ccccc23)CC1. The monoisotopic (exact) mass is 406 g/mol. The van der Waals surface area contributed by atoms with Crippen molar-refractivity contribution in [1.29, 1.82) is 0 Å². The van der Waals surface area contributed by atoms with Crippen LogP contribution >= 0.6 is 0 Å².